The van der Waals surface area contributed by atoms with Gasteiger partial charge in [0.05, 0.1) is 7.11 Å². The highest BCUT2D eigenvalue weighted by Gasteiger charge is 2.16. The van der Waals surface area contributed by atoms with E-state index < -0.39 is 0 Å². The minimum Gasteiger partial charge on any atom is -0.496 e. The molecule has 0 unspecified atom stereocenters. The number of rotatable bonds is 2. The molecule has 0 atom stereocenters. The molecule has 2 rings (SSSR count). The predicted octanol–water partition coefficient (Wildman–Crippen LogP) is 4.05. The fourth-order valence-electron chi connectivity index (χ4n) is 1.92. The van der Waals surface area contributed by atoms with Crippen molar-refractivity contribution in [2.75, 3.05) is 7.11 Å². The second-order valence-corrected chi connectivity index (χ2v) is 5.41. The lowest BCUT2D eigenvalue weighted by molar-refractivity contribution is 0.414. The van der Waals surface area contributed by atoms with Gasteiger partial charge in [0, 0.05) is 23.5 Å². The molecule has 2 heteroatoms. The third-order valence-corrected chi connectivity index (χ3v) is 3.04. The number of aromatic nitrogens is 1. The Hall–Kier alpha value is -1.83. The smallest absolute Gasteiger partial charge is 0.127 e. The highest BCUT2D eigenvalue weighted by atomic mass is 16.5. The molecule has 1 aromatic heterocycles. The molecule has 0 aliphatic rings. The Morgan fingerprint density at radius 1 is 1.11 bits per heavy atom. The van der Waals surface area contributed by atoms with Crippen molar-refractivity contribution in [2.24, 2.45) is 0 Å². The first kappa shape index (κ1) is 12.6. The fraction of sp³-hybridized carbons (Fsp3) is 0.312. The minimum absolute atomic E-state index is 0.126. The molecule has 0 bridgehead atoms. The summed E-state index contributed by atoms with van der Waals surface area (Å²) in [6.07, 6.45) is 3.63. The van der Waals surface area contributed by atoms with Crippen LogP contribution in [0.25, 0.3) is 11.1 Å². The number of nitrogens with zero attached hydrogens (tertiary/aromatic N) is 1. The zero-order valence-corrected chi connectivity index (χ0v) is 11.4. The minimum atomic E-state index is 0.126. The molecule has 0 fully saturated rings. The Balaban J connectivity index is 2.51. The molecule has 1 heterocycles. The van der Waals surface area contributed by atoms with Gasteiger partial charge in [-0.2, -0.15) is 0 Å². The summed E-state index contributed by atoms with van der Waals surface area (Å²) in [7, 11) is 1.71. The van der Waals surface area contributed by atoms with Gasteiger partial charge in [-0.05, 0) is 23.1 Å². The van der Waals surface area contributed by atoms with Gasteiger partial charge in [-0.25, -0.2) is 0 Å². The number of ether oxygens (including phenoxy) is 1. The lowest BCUT2D eigenvalue weighted by Crippen LogP contribution is -2.11. The molecule has 0 saturated heterocycles. The van der Waals surface area contributed by atoms with Crippen LogP contribution in [0.4, 0.5) is 0 Å². The highest BCUT2D eigenvalue weighted by Crippen LogP contribution is 2.34. The van der Waals surface area contributed by atoms with E-state index in [0.717, 1.165) is 16.9 Å². The van der Waals surface area contributed by atoms with Gasteiger partial charge in [0.25, 0.3) is 0 Å². The zero-order chi connectivity index (χ0) is 13.2. The Morgan fingerprint density at radius 3 is 2.44 bits per heavy atom. The quantitative estimate of drug-likeness (QED) is 0.791. The van der Waals surface area contributed by atoms with Gasteiger partial charge in [-0.15, -0.1) is 0 Å². The third-order valence-electron chi connectivity index (χ3n) is 3.04. The summed E-state index contributed by atoms with van der Waals surface area (Å²) in [5, 5.41) is 0. The summed E-state index contributed by atoms with van der Waals surface area (Å²) in [5.74, 6) is 0.899. The van der Waals surface area contributed by atoms with Crippen molar-refractivity contribution >= 4 is 0 Å². The Bertz CT molecular complexity index is 527. The van der Waals surface area contributed by atoms with E-state index in [2.05, 4.69) is 44.0 Å². The average Bonchev–Trinajstić information content (AvgIpc) is 2.38. The van der Waals surface area contributed by atoms with E-state index in [1.54, 1.807) is 13.3 Å². The standard InChI is InChI=1S/C16H19NO/c1-16(2,3)13-7-8-14(15(10-13)18-4)12-6-5-9-17-11-12/h5-11H,1-4H3. The van der Waals surface area contributed by atoms with Crippen molar-refractivity contribution < 1.29 is 4.74 Å². The van der Waals surface area contributed by atoms with Gasteiger partial charge in [-0.3, -0.25) is 4.98 Å². The van der Waals surface area contributed by atoms with Crippen molar-refractivity contribution in [2.45, 2.75) is 26.2 Å². The van der Waals surface area contributed by atoms with Gasteiger partial charge in [0.1, 0.15) is 5.75 Å². The Kier molecular flexibility index (Phi) is 3.37. The summed E-state index contributed by atoms with van der Waals surface area (Å²) >= 11 is 0. The molecule has 0 spiro atoms. The van der Waals surface area contributed by atoms with E-state index in [-0.39, 0.29) is 5.41 Å². The van der Waals surface area contributed by atoms with Crippen molar-refractivity contribution in [1.82, 2.24) is 4.98 Å². The lowest BCUT2D eigenvalue weighted by Gasteiger charge is -2.21. The van der Waals surface area contributed by atoms with Crippen LogP contribution in [-0.2, 0) is 5.41 Å². The molecular formula is C16H19NO. The normalized spacial score (nSPS) is 11.3. The summed E-state index contributed by atoms with van der Waals surface area (Å²) < 4.78 is 5.51. The molecule has 94 valence electrons. The van der Waals surface area contributed by atoms with Crippen molar-refractivity contribution in [3.63, 3.8) is 0 Å². The average molecular weight is 241 g/mol. The first-order valence-corrected chi connectivity index (χ1v) is 6.11. The van der Waals surface area contributed by atoms with E-state index in [1.807, 2.05) is 18.3 Å². The van der Waals surface area contributed by atoms with Crippen LogP contribution in [-0.4, -0.2) is 12.1 Å². The number of methoxy groups -OCH3 is 1. The maximum atomic E-state index is 5.51. The maximum absolute atomic E-state index is 5.51. The monoisotopic (exact) mass is 241 g/mol. The van der Waals surface area contributed by atoms with Crippen molar-refractivity contribution in [3.05, 3.63) is 48.3 Å². The molecule has 0 aliphatic carbocycles. The first-order chi connectivity index (χ1) is 8.52. The molecule has 2 aromatic rings. The zero-order valence-electron chi connectivity index (χ0n) is 11.4. The molecular weight excluding hydrogens is 222 g/mol. The molecule has 18 heavy (non-hydrogen) atoms. The van der Waals surface area contributed by atoms with Crippen LogP contribution in [0.1, 0.15) is 26.3 Å². The fourth-order valence-corrected chi connectivity index (χ4v) is 1.92. The number of hydrogen-bond donors (Lipinski definition) is 0. The summed E-state index contributed by atoms with van der Waals surface area (Å²) in [6.45, 7) is 6.60. The highest BCUT2D eigenvalue weighted by molar-refractivity contribution is 5.70. The Labute approximate surface area is 109 Å². The van der Waals surface area contributed by atoms with E-state index in [0.29, 0.717) is 0 Å². The topological polar surface area (TPSA) is 22.1 Å². The first-order valence-electron chi connectivity index (χ1n) is 6.11. The molecule has 0 aliphatic heterocycles. The third kappa shape index (κ3) is 2.53. The van der Waals surface area contributed by atoms with E-state index in [9.17, 15) is 0 Å². The van der Waals surface area contributed by atoms with Gasteiger partial charge in [-0.1, -0.05) is 39.0 Å². The second-order valence-electron chi connectivity index (χ2n) is 5.41. The van der Waals surface area contributed by atoms with Crippen LogP contribution >= 0.6 is 0 Å². The van der Waals surface area contributed by atoms with Gasteiger partial charge in [0.2, 0.25) is 0 Å². The van der Waals surface area contributed by atoms with E-state index >= 15 is 0 Å². The van der Waals surface area contributed by atoms with E-state index in [1.165, 1.54) is 5.56 Å². The Morgan fingerprint density at radius 2 is 1.89 bits per heavy atom. The number of hydrogen-bond acceptors (Lipinski definition) is 2. The van der Waals surface area contributed by atoms with Crippen LogP contribution in [0.3, 0.4) is 0 Å². The summed E-state index contributed by atoms with van der Waals surface area (Å²) in [6, 6.07) is 10.4. The van der Waals surface area contributed by atoms with Crippen LogP contribution in [0.15, 0.2) is 42.7 Å². The predicted molar refractivity (Wildman–Crippen MR) is 74.9 cm³/mol. The van der Waals surface area contributed by atoms with Crippen molar-refractivity contribution in [1.29, 1.82) is 0 Å². The van der Waals surface area contributed by atoms with Crippen molar-refractivity contribution in [3.8, 4) is 16.9 Å². The van der Waals surface area contributed by atoms with Crippen LogP contribution in [0.5, 0.6) is 5.75 Å². The van der Waals surface area contributed by atoms with Crippen LogP contribution < -0.4 is 4.74 Å². The summed E-state index contributed by atoms with van der Waals surface area (Å²) in [4.78, 5) is 4.15. The molecule has 0 N–H and O–H groups in total. The van der Waals surface area contributed by atoms with Crippen LogP contribution in [0.2, 0.25) is 0 Å². The summed E-state index contributed by atoms with van der Waals surface area (Å²) in [5.41, 5.74) is 3.56. The van der Waals surface area contributed by atoms with Crippen LogP contribution in [0, 0.1) is 0 Å². The van der Waals surface area contributed by atoms with Gasteiger partial charge < -0.3 is 4.74 Å². The van der Waals surface area contributed by atoms with Gasteiger partial charge >= 0.3 is 0 Å². The molecule has 0 radical (unpaired) electrons. The molecule has 2 nitrogen and oxygen atoms in total. The number of benzene rings is 1. The molecule has 0 amide bonds. The lowest BCUT2D eigenvalue weighted by atomic mass is 9.86. The largest absolute Gasteiger partial charge is 0.496 e. The van der Waals surface area contributed by atoms with E-state index in [4.69, 9.17) is 4.74 Å². The second kappa shape index (κ2) is 4.81. The molecule has 1 aromatic carbocycles. The molecule has 0 saturated carbocycles. The SMILES string of the molecule is COc1cc(C(C)(C)C)ccc1-c1cccnc1. The maximum Gasteiger partial charge on any atom is 0.127 e. The number of pyridine rings is 1. The van der Waals surface area contributed by atoms with Gasteiger partial charge in [0.15, 0.2) is 0 Å².